The molecule has 0 bridgehead atoms. The Labute approximate surface area is 95.0 Å². The van der Waals surface area contributed by atoms with Crippen LogP contribution in [0.4, 0.5) is 5.69 Å². The summed E-state index contributed by atoms with van der Waals surface area (Å²) in [4.78, 5) is 13.3. The van der Waals surface area contributed by atoms with Gasteiger partial charge in [-0.05, 0) is 31.5 Å². The van der Waals surface area contributed by atoms with Crippen molar-refractivity contribution in [2.24, 2.45) is 5.73 Å². The zero-order valence-electron chi connectivity index (χ0n) is 9.73. The lowest BCUT2D eigenvalue weighted by Gasteiger charge is -2.30. The Morgan fingerprint density at radius 2 is 2.19 bits per heavy atom. The molecule has 1 aromatic carbocycles. The topological polar surface area (TPSA) is 55.6 Å². The summed E-state index contributed by atoms with van der Waals surface area (Å²) < 4.78 is 5.56. The molecule has 86 valence electrons. The zero-order chi connectivity index (χ0) is 11.9. The third kappa shape index (κ3) is 1.65. The molecule has 4 nitrogen and oxygen atoms in total. The van der Waals surface area contributed by atoms with Crippen molar-refractivity contribution in [1.82, 2.24) is 0 Å². The molecule has 2 unspecified atom stereocenters. The van der Waals surface area contributed by atoms with Gasteiger partial charge in [-0.3, -0.25) is 4.79 Å². The average molecular weight is 220 g/mol. The molecule has 0 saturated carbocycles. The predicted molar refractivity (Wildman–Crippen MR) is 62.5 cm³/mol. The number of hydrogen-bond donors (Lipinski definition) is 1. The van der Waals surface area contributed by atoms with Crippen LogP contribution in [0.1, 0.15) is 25.5 Å². The molecule has 16 heavy (non-hydrogen) atoms. The van der Waals surface area contributed by atoms with Crippen molar-refractivity contribution in [2.45, 2.75) is 26.0 Å². The molecule has 0 saturated heterocycles. The number of amides is 1. The second-order valence-electron chi connectivity index (χ2n) is 4.17. The molecule has 2 rings (SSSR count). The summed E-state index contributed by atoms with van der Waals surface area (Å²) in [6.45, 7) is 3.67. The molecule has 0 fully saturated rings. The Morgan fingerprint density at radius 3 is 2.81 bits per heavy atom. The smallest absolute Gasteiger partial charge is 0.267 e. The Balaban J connectivity index is 2.45. The van der Waals surface area contributed by atoms with Crippen LogP contribution in [0, 0.1) is 0 Å². The van der Waals surface area contributed by atoms with Crippen LogP contribution in [0.2, 0.25) is 0 Å². The molecule has 2 N–H and O–H groups in total. The zero-order valence-corrected chi connectivity index (χ0v) is 9.73. The van der Waals surface area contributed by atoms with Crippen molar-refractivity contribution in [3.05, 3.63) is 23.8 Å². The van der Waals surface area contributed by atoms with Gasteiger partial charge in [0.1, 0.15) is 5.75 Å². The first-order chi connectivity index (χ1) is 7.50. The number of benzene rings is 1. The minimum atomic E-state index is -0.430. The molecule has 4 heteroatoms. The summed E-state index contributed by atoms with van der Waals surface area (Å²) in [5, 5.41) is 0. The van der Waals surface area contributed by atoms with E-state index < -0.39 is 6.10 Å². The maximum absolute atomic E-state index is 11.7. The minimum absolute atomic E-state index is 0.0268. The number of likely N-dealkylation sites (N-methyl/N-ethyl adjacent to an activating group) is 1. The van der Waals surface area contributed by atoms with Crippen LogP contribution in [0.5, 0.6) is 5.75 Å². The molecular weight excluding hydrogens is 204 g/mol. The van der Waals surface area contributed by atoms with Crippen molar-refractivity contribution in [3.8, 4) is 5.75 Å². The van der Waals surface area contributed by atoms with E-state index in [0.717, 1.165) is 17.0 Å². The maximum Gasteiger partial charge on any atom is 0.267 e. The molecule has 0 spiro atoms. The van der Waals surface area contributed by atoms with E-state index in [4.69, 9.17) is 10.5 Å². The van der Waals surface area contributed by atoms with Gasteiger partial charge in [-0.1, -0.05) is 6.07 Å². The summed E-state index contributed by atoms with van der Waals surface area (Å²) >= 11 is 0. The fraction of sp³-hybridized carbons (Fsp3) is 0.417. The predicted octanol–water partition coefficient (Wildman–Crippen LogP) is 1.45. The number of anilines is 1. The summed E-state index contributed by atoms with van der Waals surface area (Å²) in [5.74, 6) is 0.699. The van der Waals surface area contributed by atoms with E-state index in [-0.39, 0.29) is 11.9 Å². The highest BCUT2D eigenvalue weighted by Crippen LogP contribution is 2.34. The molecule has 2 atom stereocenters. The molecule has 0 radical (unpaired) electrons. The number of hydrogen-bond acceptors (Lipinski definition) is 3. The van der Waals surface area contributed by atoms with E-state index in [9.17, 15) is 4.79 Å². The lowest BCUT2D eigenvalue weighted by Crippen LogP contribution is -2.42. The Hall–Kier alpha value is -1.55. The first-order valence-corrected chi connectivity index (χ1v) is 5.34. The van der Waals surface area contributed by atoms with Crippen molar-refractivity contribution in [3.63, 3.8) is 0 Å². The van der Waals surface area contributed by atoms with Gasteiger partial charge in [0.15, 0.2) is 6.10 Å². The fourth-order valence-corrected chi connectivity index (χ4v) is 1.82. The summed E-state index contributed by atoms with van der Waals surface area (Å²) in [6.07, 6.45) is -0.430. The number of carbonyl (C=O) groups excluding carboxylic acids is 1. The molecule has 0 aromatic heterocycles. The van der Waals surface area contributed by atoms with Gasteiger partial charge in [0.25, 0.3) is 5.91 Å². The van der Waals surface area contributed by atoms with Gasteiger partial charge < -0.3 is 15.4 Å². The Morgan fingerprint density at radius 1 is 1.50 bits per heavy atom. The Bertz CT molecular complexity index is 429. The molecule has 1 heterocycles. The molecule has 1 aromatic rings. The summed E-state index contributed by atoms with van der Waals surface area (Å²) in [7, 11) is 1.76. The van der Waals surface area contributed by atoms with Crippen molar-refractivity contribution in [2.75, 3.05) is 11.9 Å². The Kier molecular flexibility index (Phi) is 2.59. The molecule has 0 aliphatic carbocycles. The van der Waals surface area contributed by atoms with Gasteiger partial charge in [0, 0.05) is 13.1 Å². The largest absolute Gasteiger partial charge is 0.479 e. The number of nitrogens with two attached hydrogens (primary N) is 1. The van der Waals surface area contributed by atoms with Crippen LogP contribution >= 0.6 is 0 Å². The van der Waals surface area contributed by atoms with Gasteiger partial charge in [-0.15, -0.1) is 0 Å². The van der Waals surface area contributed by atoms with Crippen molar-refractivity contribution < 1.29 is 9.53 Å². The number of carbonyl (C=O) groups is 1. The van der Waals surface area contributed by atoms with E-state index in [2.05, 4.69) is 0 Å². The van der Waals surface area contributed by atoms with Crippen molar-refractivity contribution >= 4 is 11.6 Å². The van der Waals surface area contributed by atoms with Gasteiger partial charge in [0.2, 0.25) is 0 Å². The van der Waals surface area contributed by atoms with Crippen LogP contribution in [-0.2, 0) is 4.79 Å². The van der Waals surface area contributed by atoms with Gasteiger partial charge in [-0.2, -0.15) is 0 Å². The minimum Gasteiger partial charge on any atom is -0.479 e. The second kappa shape index (κ2) is 3.79. The first kappa shape index (κ1) is 11.0. The maximum atomic E-state index is 11.7. The van der Waals surface area contributed by atoms with Crippen LogP contribution in [0.3, 0.4) is 0 Å². The van der Waals surface area contributed by atoms with Gasteiger partial charge >= 0.3 is 0 Å². The quantitative estimate of drug-likeness (QED) is 0.779. The normalized spacial score (nSPS) is 21.4. The number of nitrogens with zero attached hydrogens (tertiary/aromatic N) is 1. The monoisotopic (exact) mass is 220 g/mol. The lowest BCUT2D eigenvalue weighted by atomic mass is 10.1. The number of rotatable bonds is 1. The van der Waals surface area contributed by atoms with Gasteiger partial charge in [0.05, 0.1) is 5.69 Å². The molecule has 1 aliphatic rings. The van der Waals surface area contributed by atoms with E-state index in [0.29, 0.717) is 0 Å². The average Bonchev–Trinajstić information content (AvgIpc) is 2.25. The number of fused-ring (bicyclic) bond motifs is 1. The lowest BCUT2D eigenvalue weighted by molar-refractivity contribution is -0.125. The van der Waals surface area contributed by atoms with Crippen LogP contribution in [0.15, 0.2) is 18.2 Å². The van der Waals surface area contributed by atoms with E-state index >= 15 is 0 Å². The standard InChI is InChI=1S/C12H16N2O2/c1-7(13)9-4-5-10-11(6-9)16-8(2)12(15)14(10)3/h4-8H,13H2,1-3H3. The molecule has 1 aliphatic heterocycles. The second-order valence-corrected chi connectivity index (χ2v) is 4.17. The van der Waals surface area contributed by atoms with E-state index in [1.165, 1.54) is 0 Å². The van der Waals surface area contributed by atoms with Crippen LogP contribution in [0.25, 0.3) is 0 Å². The highest BCUT2D eigenvalue weighted by molar-refractivity contribution is 5.99. The molecular formula is C12H16N2O2. The third-order valence-corrected chi connectivity index (χ3v) is 2.85. The van der Waals surface area contributed by atoms with Crippen molar-refractivity contribution in [1.29, 1.82) is 0 Å². The van der Waals surface area contributed by atoms with E-state index in [1.807, 2.05) is 25.1 Å². The highest BCUT2D eigenvalue weighted by atomic mass is 16.5. The van der Waals surface area contributed by atoms with Crippen LogP contribution < -0.4 is 15.4 Å². The summed E-state index contributed by atoms with van der Waals surface area (Å²) in [6, 6.07) is 5.66. The first-order valence-electron chi connectivity index (χ1n) is 5.34. The highest BCUT2D eigenvalue weighted by Gasteiger charge is 2.28. The van der Waals surface area contributed by atoms with Crippen LogP contribution in [-0.4, -0.2) is 19.1 Å². The third-order valence-electron chi connectivity index (χ3n) is 2.85. The van der Waals surface area contributed by atoms with Gasteiger partial charge in [-0.25, -0.2) is 0 Å². The summed E-state index contributed by atoms with van der Waals surface area (Å²) in [5.41, 5.74) is 7.61. The number of ether oxygens (including phenoxy) is 1. The van der Waals surface area contributed by atoms with E-state index in [1.54, 1.807) is 18.9 Å². The SMILES string of the molecule is CC1Oc2cc(C(C)N)ccc2N(C)C1=O. The fourth-order valence-electron chi connectivity index (χ4n) is 1.82. The molecule has 1 amide bonds.